The number of ether oxygens (including phenoxy) is 1. The van der Waals surface area contributed by atoms with Crippen LogP contribution in [0.25, 0.3) is 17.3 Å². The van der Waals surface area contributed by atoms with Crippen LogP contribution in [-0.4, -0.2) is 25.7 Å². The summed E-state index contributed by atoms with van der Waals surface area (Å²) < 4.78 is 25.3. The first-order chi connectivity index (χ1) is 14.4. The van der Waals surface area contributed by atoms with Gasteiger partial charge in [-0.05, 0) is 56.3 Å². The van der Waals surface area contributed by atoms with Gasteiger partial charge < -0.3 is 9.15 Å². The van der Waals surface area contributed by atoms with Gasteiger partial charge in [-0.15, -0.1) is 0 Å². The number of aryl methyl sites for hydroxylation is 2. The van der Waals surface area contributed by atoms with Gasteiger partial charge in [-0.2, -0.15) is 5.10 Å². The van der Waals surface area contributed by atoms with Crippen molar-refractivity contribution in [3.8, 4) is 17.3 Å². The number of hydrogen-bond acceptors (Lipinski definition) is 6. The number of carbonyl (C=O) groups is 1. The number of rotatable bonds is 5. The van der Waals surface area contributed by atoms with Crippen LogP contribution in [0.5, 0.6) is 0 Å². The molecule has 0 N–H and O–H groups in total. The molecule has 0 spiro atoms. The predicted molar refractivity (Wildman–Crippen MR) is 107 cm³/mol. The van der Waals surface area contributed by atoms with Gasteiger partial charge in [-0.1, -0.05) is 11.6 Å². The monoisotopic (exact) mass is 426 g/mol. The van der Waals surface area contributed by atoms with Crippen molar-refractivity contribution in [2.75, 3.05) is 0 Å². The zero-order chi connectivity index (χ0) is 21.3. The summed E-state index contributed by atoms with van der Waals surface area (Å²) in [6.07, 6.45) is 1.37. The van der Waals surface area contributed by atoms with Crippen molar-refractivity contribution < 1.29 is 18.3 Å². The number of esters is 1. The Morgan fingerprint density at radius 1 is 1.17 bits per heavy atom. The average molecular weight is 427 g/mol. The van der Waals surface area contributed by atoms with E-state index in [1.807, 2.05) is 19.9 Å². The number of oxazole rings is 1. The van der Waals surface area contributed by atoms with E-state index in [0.29, 0.717) is 23.0 Å². The molecular formula is C21H16ClFN4O3. The van der Waals surface area contributed by atoms with Crippen LogP contribution < -0.4 is 0 Å². The molecule has 4 aromatic rings. The van der Waals surface area contributed by atoms with Gasteiger partial charge >= 0.3 is 5.97 Å². The molecule has 3 heterocycles. The number of nitrogens with zero attached hydrogens (tertiary/aromatic N) is 4. The average Bonchev–Trinajstić information content (AvgIpc) is 3.33. The van der Waals surface area contributed by atoms with Crippen LogP contribution in [0.3, 0.4) is 0 Å². The fraction of sp³-hybridized carbons (Fsp3) is 0.143. The van der Waals surface area contributed by atoms with Crippen LogP contribution in [0, 0.1) is 19.7 Å². The van der Waals surface area contributed by atoms with Gasteiger partial charge in [0.05, 0.1) is 10.7 Å². The van der Waals surface area contributed by atoms with E-state index in [4.69, 9.17) is 20.8 Å². The zero-order valence-electron chi connectivity index (χ0n) is 16.1. The van der Waals surface area contributed by atoms with Gasteiger partial charge in [0.15, 0.2) is 11.5 Å². The van der Waals surface area contributed by atoms with Crippen molar-refractivity contribution in [1.82, 2.24) is 19.7 Å². The summed E-state index contributed by atoms with van der Waals surface area (Å²) in [5.41, 5.74) is 2.68. The number of aromatic nitrogens is 4. The predicted octanol–water partition coefficient (Wildman–Crippen LogP) is 4.69. The number of carbonyl (C=O) groups excluding carboxylic acids is 1. The maximum atomic E-state index is 13.0. The number of halogens is 2. The third-order valence-electron chi connectivity index (χ3n) is 4.25. The molecule has 4 rings (SSSR count). The fourth-order valence-electron chi connectivity index (χ4n) is 2.86. The van der Waals surface area contributed by atoms with E-state index in [-0.39, 0.29) is 23.1 Å². The SMILES string of the molecule is Cc1cc(C)n(-c2ccc(Cl)c(C(=O)OCc3coc(-c4ccc(F)cc4)n3)n2)n1. The van der Waals surface area contributed by atoms with Gasteiger partial charge in [-0.3, -0.25) is 0 Å². The highest BCUT2D eigenvalue weighted by molar-refractivity contribution is 6.33. The summed E-state index contributed by atoms with van der Waals surface area (Å²) in [6.45, 7) is 3.62. The van der Waals surface area contributed by atoms with Crippen LogP contribution in [0.2, 0.25) is 5.02 Å². The van der Waals surface area contributed by atoms with E-state index in [1.165, 1.54) is 18.4 Å². The largest absolute Gasteiger partial charge is 0.454 e. The molecule has 0 radical (unpaired) electrons. The summed E-state index contributed by atoms with van der Waals surface area (Å²) in [5.74, 6) is -0.304. The van der Waals surface area contributed by atoms with E-state index in [1.54, 1.807) is 28.9 Å². The normalized spacial score (nSPS) is 10.9. The molecule has 0 saturated heterocycles. The summed E-state index contributed by atoms with van der Waals surface area (Å²) in [5, 5.41) is 4.52. The third-order valence-corrected chi connectivity index (χ3v) is 4.55. The van der Waals surface area contributed by atoms with Crippen molar-refractivity contribution in [3.63, 3.8) is 0 Å². The Morgan fingerprint density at radius 2 is 1.93 bits per heavy atom. The van der Waals surface area contributed by atoms with E-state index in [9.17, 15) is 9.18 Å². The molecule has 3 aromatic heterocycles. The second kappa shape index (κ2) is 8.08. The van der Waals surface area contributed by atoms with Crippen LogP contribution in [0.15, 0.2) is 53.1 Å². The molecule has 0 saturated carbocycles. The maximum absolute atomic E-state index is 13.0. The molecule has 0 aliphatic heterocycles. The number of pyridine rings is 1. The summed E-state index contributed by atoms with van der Waals surface area (Å²) in [7, 11) is 0. The molecule has 9 heteroatoms. The molecule has 0 atom stereocenters. The van der Waals surface area contributed by atoms with Gasteiger partial charge in [0.1, 0.15) is 24.4 Å². The quantitative estimate of drug-likeness (QED) is 0.430. The Balaban J connectivity index is 1.49. The highest BCUT2D eigenvalue weighted by atomic mass is 35.5. The second-order valence-electron chi connectivity index (χ2n) is 6.57. The molecule has 0 bridgehead atoms. The Kier molecular flexibility index (Phi) is 5.33. The maximum Gasteiger partial charge on any atom is 0.358 e. The van der Waals surface area contributed by atoms with Gasteiger partial charge in [-0.25, -0.2) is 23.8 Å². The third kappa shape index (κ3) is 4.08. The lowest BCUT2D eigenvalue weighted by molar-refractivity contribution is 0.0461. The van der Waals surface area contributed by atoms with Crippen molar-refractivity contribution in [2.24, 2.45) is 0 Å². The van der Waals surface area contributed by atoms with Gasteiger partial charge in [0, 0.05) is 11.3 Å². The smallest absolute Gasteiger partial charge is 0.358 e. The minimum Gasteiger partial charge on any atom is -0.454 e. The Labute approximate surface area is 176 Å². The lowest BCUT2D eigenvalue weighted by Gasteiger charge is -2.08. The standard InChI is InChI=1S/C21H16ClFN4O3/c1-12-9-13(2)27(26-12)18-8-7-17(22)19(25-18)21(28)30-11-16-10-29-20(24-16)14-3-5-15(23)6-4-14/h3-10H,11H2,1-2H3. The van der Waals surface area contributed by atoms with Crippen LogP contribution in [0.4, 0.5) is 4.39 Å². The molecule has 0 fully saturated rings. The molecule has 152 valence electrons. The first-order valence-electron chi connectivity index (χ1n) is 8.98. The number of hydrogen-bond donors (Lipinski definition) is 0. The van der Waals surface area contributed by atoms with Crippen LogP contribution in [0.1, 0.15) is 27.6 Å². The summed E-state index contributed by atoms with van der Waals surface area (Å²) in [4.78, 5) is 21.1. The molecular weight excluding hydrogens is 411 g/mol. The molecule has 0 unspecified atom stereocenters. The first-order valence-corrected chi connectivity index (χ1v) is 9.36. The van der Waals surface area contributed by atoms with Gasteiger partial charge in [0.25, 0.3) is 0 Å². The molecule has 0 aliphatic carbocycles. The van der Waals surface area contributed by atoms with Crippen molar-refractivity contribution >= 4 is 17.6 Å². The van der Waals surface area contributed by atoms with E-state index in [2.05, 4.69) is 15.1 Å². The molecule has 1 aromatic carbocycles. The Morgan fingerprint density at radius 3 is 2.63 bits per heavy atom. The van der Waals surface area contributed by atoms with Crippen molar-refractivity contribution in [1.29, 1.82) is 0 Å². The number of benzene rings is 1. The van der Waals surface area contributed by atoms with Crippen LogP contribution in [-0.2, 0) is 11.3 Å². The molecule has 0 amide bonds. The minimum absolute atomic E-state index is 0.0241. The van der Waals surface area contributed by atoms with E-state index >= 15 is 0 Å². The first kappa shape index (κ1) is 19.8. The topological polar surface area (TPSA) is 83.0 Å². The van der Waals surface area contributed by atoms with E-state index in [0.717, 1.165) is 11.4 Å². The summed E-state index contributed by atoms with van der Waals surface area (Å²) >= 11 is 6.14. The van der Waals surface area contributed by atoms with Gasteiger partial charge in [0.2, 0.25) is 5.89 Å². The van der Waals surface area contributed by atoms with Crippen LogP contribution >= 0.6 is 11.6 Å². The highest BCUT2D eigenvalue weighted by Gasteiger charge is 2.18. The molecule has 7 nitrogen and oxygen atoms in total. The van der Waals surface area contributed by atoms with Crippen molar-refractivity contribution in [2.45, 2.75) is 20.5 Å². The molecule has 0 aliphatic rings. The second-order valence-corrected chi connectivity index (χ2v) is 6.97. The Hall–Kier alpha value is -3.52. The van der Waals surface area contributed by atoms with Crippen molar-refractivity contribution in [3.05, 3.63) is 82.3 Å². The lowest BCUT2D eigenvalue weighted by Crippen LogP contribution is -2.11. The minimum atomic E-state index is -0.699. The van der Waals surface area contributed by atoms with E-state index < -0.39 is 5.97 Å². The highest BCUT2D eigenvalue weighted by Crippen LogP contribution is 2.21. The summed E-state index contributed by atoms with van der Waals surface area (Å²) in [6, 6.07) is 10.9. The fourth-order valence-corrected chi connectivity index (χ4v) is 3.04. The lowest BCUT2D eigenvalue weighted by atomic mass is 10.2. The molecule has 30 heavy (non-hydrogen) atoms. The Bertz CT molecular complexity index is 1220. The zero-order valence-corrected chi connectivity index (χ0v) is 16.9.